The van der Waals surface area contributed by atoms with Crippen molar-refractivity contribution in [3.8, 4) is 16.9 Å². The highest BCUT2D eigenvalue weighted by atomic mass is 19.3. The number of carboxylic acids is 1. The molecule has 4 aromatic rings. The number of aromatic nitrogens is 4. The Balaban J connectivity index is 1.20. The number of hydrogen-bond acceptors (Lipinski definition) is 6. The Morgan fingerprint density at radius 2 is 1.76 bits per heavy atom. The predicted molar refractivity (Wildman–Crippen MR) is 131 cm³/mol. The third-order valence-electron chi connectivity index (χ3n) is 8.40. The Labute approximate surface area is 216 Å². The van der Waals surface area contributed by atoms with Gasteiger partial charge in [0.25, 0.3) is 0 Å². The molecular formula is C28H24F2N4O4. The van der Waals surface area contributed by atoms with Gasteiger partial charge in [0.2, 0.25) is 0 Å². The maximum Gasteiger partial charge on any atom is 0.387 e. The van der Waals surface area contributed by atoms with Gasteiger partial charge in [0.15, 0.2) is 0 Å². The molecule has 2 fully saturated rings. The number of carboxylic acid groups (broad SMARTS) is 1. The number of pyridine rings is 1. The minimum absolute atomic E-state index is 0.0851. The summed E-state index contributed by atoms with van der Waals surface area (Å²) in [6.45, 7) is -2.95. The number of aliphatic hydroxyl groups is 1. The zero-order valence-corrected chi connectivity index (χ0v) is 20.1. The molecule has 7 rings (SSSR count). The average Bonchev–Trinajstić information content (AvgIpc) is 3.19. The first-order valence-electron chi connectivity index (χ1n) is 12.7. The molecule has 3 aliphatic rings. The highest BCUT2D eigenvalue weighted by Gasteiger charge is 2.60. The molecule has 0 spiro atoms. The lowest BCUT2D eigenvalue weighted by molar-refractivity contribution is -0.139. The van der Waals surface area contributed by atoms with E-state index in [2.05, 4.69) is 15.0 Å². The number of alkyl halides is 2. The first-order chi connectivity index (χ1) is 18.4. The smallest absolute Gasteiger partial charge is 0.387 e. The number of halogens is 2. The summed E-state index contributed by atoms with van der Waals surface area (Å²) < 4.78 is 32.8. The molecule has 0 amide bonds. The minimum atomic E-state index is -2.95. The molecule has 3 aliphatic carbocycles. The van der Waals surface area contributed by atoms with Gasteiger partial charge in [-0.3, -0.25) is 4.79 Å². The van der Waals surface area contributed by atoms with Crippen LogP contribution in [0.3, 0.4) is 0 Å². The zero-order chi connectivity index (χ0) is 26.1. The fraction of sp³-hybridized carbons (Fsp3) is 0.357. The van der Waals surface area contributed by atoms with E-state index in [0.29, 0.717) is 23.3 Å². The molecular weight excluding hydrogens is 494 g/mol. The minimum Gasteiger partial charge on any atom is -0.481 e. The molecule has 8 nitrogen and oxygen atoms in total. The van der Waals surface area contributed by atoms with Gasteiger partial charge in [0.05, 0.1) is 23.4 Å². The Morgan fingerprint density at radius 3 is 2.47 bits per heavy atom. The zero-order valence-electron chi connectivity index (χ0n) is 20.1. The van der Waals surface area contributed by atoms with E-state index in [4.69, 9.17) is 4.74 Å². The Morgan fingerprint density at radius 1 is 1.03 bits per heavy atom. The maximum atomic E-state index is 13.1. The van der Waals surface area contributed by atoms with Gasteiger partial charge in [0, 0.05) is 47.1 Å². The second-order valence-electron chi connectivity index (χ2n) is 10.4. The number of carbonyl (C=O) groups is 1. The lowest BCUT2D eigenvalue weighted by Crippen LogP contribution is -2.09. The number of ether oxygens (including phenoxy) is 1. The predicted octanol–water partition coefficient (Wildman–Crippen LogP) is 4.79. The lowest BCUT2D eigenvalue weighted by Gasteiger charge is -2.17. The first kappa shape index (κ1) is 23.2. The molecule has 38 heavy (non-hydrogen) atoms. The summed E-state index contributed by atoms with van der Waals surface area (Å²) >= 11 is 0. The molecule has 0 radical (unpaired) electrons. The van der Waals surface area contributed by atoms with E-state index >= 15 is 0 Å². The molecule has 0 aliphatic heterocycles. The van der Waals surface area contributed by atoms with Crippen LogP contribution >= 0.6 is 0 Å². The Hall–Kier alpha value is -3.92. The monoisotopic (exact) mass is 518 g/mol. The number of imidazole rings is 1. The summed E-state index contributed by atoms with van der Waals surface area (Å²) in [7, 11) is 0. The van der Waals surface area contributed by atoms with Crippen LogP contribution in [0.4, 0.5) is 8.78 Å². The van der Waals surface area contributed by atoms with Gasteiger partial charge in [-0.25, -0.2) is 15.0 Å². The number of benzene rings is 1. The molecule has 10 heteroatoms. The number of hydrogen-bond donors (Lipinski definition) is 2. The van der Waals surface area contributed by atoms with Crippen molar-refractivity contribution in [3.63, 3.8) is 0 Å². The van der Waals surface area contributed by atoms with Gasteiger partial charge < -0.3 is 19.4 Å². The Bertz CT molecular complexity index is 1540. The normalized spacial score (nSPS) is 27.5. The number of fused-ring (bicyclic) bond motifs is 4. The molecule has 3 heterocycles. The van der Waals surface area contributed by atoms with Gasteiger partial charge in [-0.1, -0.05) is 18.2 Å². The molecule has 0 bridgehead atoms. The van der Waals surface area contributed by atoms with Crippen LogP contribution in [0.25, 0.3) is 16.8 Å². The van der Waals surface area contributed by atoms with Gasteiger partial charge in [-0.05, 0) is 49.3 Å². The van der Waals surface area contributed by atoms with E-state index in [1.54, 1.807) is 30.6 Å². The Kier molecular flexibility index (Phi) is 5.23. The van der Waals surface area contributed by atoms with Crippen LogP contribution < -0.4 is 4.74 Å². The van der Waals surface area contributed by atoms with E-state index in [9.17, 15) is 23.8 Å². The average molecular weight is 519 g/mol. The molecule has 2 unspecified atom stereocenters. The van der Waals surface area contributed by atoms with Crippen molar-refractivity contribution in [2.45, 2.75) is 43.8 Å². The van der Waals surface area contributed by atoms with Gasteiger partial charge in [-0.15, -0.1) is 0 Å². The van der Waals surface area contributed by atoms with Crippen molar-refractivity contribution in [1.82, 2.24) is 19.4 Å². The SMILES string of the molecule is O=C(O)C1[C@H]2CC(c3ncc(-c4ccc5nc6c(n5c4)[C@@H](c4ccccc4OC(F)F)C[C@H]6O)cn3)C[C@@H]12. The molecule has 1 aromatic carbocycles. The van der Waals surface area contributed by atoms with Crippen molar-refractivity contribution >= 4 is 11.6 Å². The number of rotatable bonds is 6. The fourth-order valence-corrected chi connectivity index (χ4v) is 6.65. The van der Waals surface area contributed by atoms with Crippen LogP contribution in [0.15, 0.2) is 55.0 Å². The van der Waals surface area contributed by atoms with Crippen LogP contribution in [-0.4, -0.2) is 42.1 Å². The summed E-state index contributed by atoms with van der Waals surface area (Å²) in [5, 5.41) is 20.0. The van der Waals surface area contributed by atoms with Gasteiger partial charge in [0.1, 0.15) is 17.2 Å². The van der Waals surface area contributed by atoms with Gasteiger partial charge in [-0.2, -0.15) is 8.78 Å². The summed E-state index contributed by atoms with van der Waals surface area (Å²) in [6.07, 6.45) is 6.58. The van der Waals surface area contributed by atoms with Gasteiger partial charge >= 0.3 is 12.6 Å². The maximum absolute atomic E-state index is 13.1. The highest BCUT2D eigenvalue weighted by Crippen LogP contribution is 2.61. The summed E-state index contributed by atoms with van der Waals surface area (Å²) in [4.78, 5) is 25.1. The summed E-state index contributed by atoms with van der Waals surface area (Å²) in [6, 6.07) is 10.4. The lowest BCUT2D eigenvalue weighted by atomic mass is 9.95. The van der Waals surface area contributed by atoms with E-state index in [1.807, 2.05) is 22.7 Å². The first-order valence-corrected chi connectivity index (χ1v) is 12.7. The fourth-order valence-electron chi connectivity index (χ4n) is 6.65. The topological polar surface area (TPSA) is 110 Å². The van der Waals surface area contributed by atoms with E-state index in [1.165, 1.54) is 6.07 Å². The van der Waals surface area contributed by atoms with E-state index in [-0.39, 0.29) is 35.3 Å². The summed E-state index contributed by atoms with van der Waals surface area (Å²) in [5.74, 6) is 0.225. The number of aliphatic carboxylic acids is 1. The second-order valence-corrected chi connectivity index (χ2v) is 10.4. The molecule has 6 atom stereocenters. The van der Waals surface area contributed by atoms with Crippen molar-refractivity contribution in [3.05, 3.63) is 77.8 Å². The molecule has 2 N–H and O–H groups in total. The van der Waals surface area contributed by atoms with Crippen molar-refractivity contribution in [2.24, 2.45) is 17.8 Å². The molecule has 194 valence electrons. The van der Waals surface area contributed by atoms with E-state index < -0.39 is 18.7 Å². The standard InChI is InChI=1S/C28H24F2N4O4/c29-28(30)38-21-4-2-1-3-16(21)19-9-20(35)24-25(19)34-12-13(5-6-22(34)33-24)15-10-31-26(32-11-15)14-7-17-18(8-14)23(17)27(36)37/h1-6,10-12,14,17-20,23,28,35H,7-9H2,(H,36,37)/t14?,17-,18+,19-,20-,23?/m1/s1. The van der Waals surface area contributed by atoms with Crippen LogP contribution in [-0.2, 0) is 4.79 Å². The quantitative estimate of drug-likeness (QED) is 0.378. The highest BCUT2D eigenvalue weighted by molar-refractivity contribution is 5.74. The third kappa shape index (κ3) is 3.65. The second kappa shape index (κ2) is 8.56. The van der Waals surface area contributed by atoms with Crippen LogP contribution in [0.2, 0.25) is 0 Å². The van der Waals surface area contributed by atoms with Crippen molar-refractivity contribution in [1.29, 1.82) is 0 Å². The number of nitrogens with zero attached hydrogens (tertiary/aromatic N) is 4. The summed E-state index contributed by atoms with van der Waals surface area (Å²) in [5.41, 5.74) is 4.15. The molecule has 0 saturated heterocycles. The van der Waals surface area contributed by atoms with E-state index in [0.717, 1.165) is 35.5 Å². The van der Waals surface area contributed by atoms with Crippen LogP contribution in [0, 0.1) is 17.8 Å². The third-order valence-corrected chi connectivity index (χ3v) is 8.40. The van der Waals surface area contributed by atoms with Crippen molar-refractivity contribution < 1.29 is 28.5 Å². The van der Waals surface area contributed by atoms with Crippen LogP contribution in [0.5, 0.6) is 5.75 Å². The number of aliphatic hydroxyl groups excluding tert-OH is 1. The van der Waals surface area contributed by atoms with Crippen molar-refractivity contribution in [2.75, 3.05) is 0 Å². The molecule has 3 aromatic heterocycles. The molecule has 2 saturated carbocycles. The van der Waals surface area contributed by atoms with Crippen LogP contribution in [0.1, 0.15) is 60.0 Å². The number of para-hydroxylation sites is 1. The largest absolute Gasteiger partial charge is 0.481 e.